The third-order valence-corrected chi connectivity index (χ3v) is 7.79. The van der Waals surface area contributed by atoms with Crippen molar-refractivity contribution in [3.8, 4) is 5.75 Å². The van der Waals surface area contributed by atoms with Crippen molar-refractivity contribution in [2.75, 3.05) is 46.1 Å². The van der Waals surface area contributed by atoms with Gasteiger partial charge in [0.05, 0.1) is 31.9 Å². The lowest BCUT2D eigenvalue weighted by atomic mass is 10.00. The summed E-state index contributed by atoms with van der Waals surface area (Å²) in [5.74, 6) is -4.04. The molecule has 3 aromatic rings. The van der Waals surface area contributed by atoms with Crippen molar-refractivity contribution >= 4 is 23.7 Å². The fourth-order valence-corrected chi connectivity index (χ4v) is 5.34. The molecule has 3 aromatic carbocycles. The van der Waals surface area contributed by atoms with Gasteiger partial charge < -0.3 is 30.2 Å². The molecule has 0 radical (unpaired) electrons. The van der Waals surface area contributed by atoms with Gasteiger partial charge in [-0.15, -0.1) is 0 Å². The fraction of sp³-hybridized carbons (Fsp3) is 0.343. The number of rotatable bonds is 15. The van der Waals surface area contributed by atoms with Crippen molar-refractivity contribution in [3.05, 3.63) is 106 Å². The Morgan fingerprint density at radius 3 is 2.15 bits per heavy atom. The van der Waals surface area contributed by atoms with Crippen LogP contribution in [-0.2, 0) is 15.9 Å². The number of ether oxygens (including phenoxy) is 3. The summed E-state index contributed by atoms with van der Waals surface area (Å²) in [6.07, 6.45) is 5.78. The molecule has 3 N–H and O–H groups in total. The Hall–Kier alpha value is -4.45. The Labute approximate surface area is 266 Å². The van der Waals surface area contributed by atoms with Crippen LogP contribution in [0.15, 0.2) is 60.7 Å². The van der Waals surface area contributed by atoms with Gasteiger partial charge in [-0.25, -0.2) is 8.78 Å². The molecule has 0 saturated carbocycles. The number of allylic oxidation sites excluding steroid dienone is 1. The van der Waals surface area contributed by atoms with Crippen LogP contribution in [0.3, 0.4) is 0 Å². The predicted octanol–water partition coefficient (Wildman–Crippen LogP) is 4.09. The number of hydrogen-bond donors (Lipinski definition) is 3. The van der Waals surface area contributed by atoms with Crippen LogP contribution in [0.4, 0.5) is 8.78 Å². The van der Waals surface area contributed by atoms with Crippen molar-refractivity contribution in [1.82, 2.24) is 16.0 Å². The Morgan fingerprint density at radius 2 is 1.43 bits per heavy atom. The summed E-state index contributed by atoms with van der Waals surface area (Å²) in [6, 6.07) is 12.6. The summed E-state index contributed by atoms with van der Waals surface area (Å²) in [5.41, 5.74) is 2.53. The van der Waals surface area contributed by atoms with Gasteiger partial charge in [-0.05, 0) is 60.4 Å². The molecule has 1 heterocycles. The van der Waals surface area contributed by atoms with Crippen molar-refractivity contribution in [2.24, 2.45) is 0 Å². The second kappa shape index (κ2) is 15.7. The molecule has 0 aromatic heterocycles. The van der Waals surface area contributed by atoms with Gasteiger partial charge in [-0.2, -0.15) is 0 Å². The summed E-state index contributed by atoms with van der Waals surface area (Å²) in [5, 5.41) is 9.14. The molecule has 0 bridgehead atoms. The third-order valence-electron chi connectivity index (χ3n) is 7.79. The normalized spacial score (nSPS) is 16.7. The van der Waals surface area contributed by atoms with E-state index in [1.54, 1.807) is 6.07 Å². The highest BCUT2D eigenvalue weighted by Gasteiger charge is 2.30. The van der Waals surface area contributed by atoms with Gasteiger partial charge in [-0.1, -0.05) is 37.3 Å². The second-order valence-electron chi connectivity index (χ2n) is 11.1. The highest BCUT2D eigenvalue weighted by Crippen LogP contribution is 2.27. The first kappa shape index (κ1) is 32.9. The number of carbonyl (C=O) groups excluding carboxylic acids is 3. The molecule has 1 saturated heterocycles. The van der Waals surface area contributed by atoms with Crippen molar-refractivity contribution in [1.29, 1.82) is 0 Å². The molecular formula is C35H37F2N3O6. The van der Waals surface area contributed by atoms with Gasteiger partial charge in [0.15, 0.2) is 17.4 Å². The highest BCUT2D eigenvalue weighted by molar-refractivity contribution is 6.11. The fourth-order valence-electron chi connectivity index (χ4n) is 5.34. The molecule has 242 valence electrons. The first-order chi connectivity index (χ1) is 22.4. The van der Waals surface area contributed by atoms with E-state index in [9.17, 15) is 23.2 Å². The zero-order chi connectivity index (χ0) is 32.5. The van der Waals surface area contributed by atoms with Crippen LogP contribution in [0.5, 0.6) is 5.75 Å². The molecule has 0 spiro atoms. The van der Waals surface area contributed by atoms with Crippen molar-refractivity contribution in [3.63, 3.8) is 0 Å². The van der Waals surface area contributed by atoms with E-state index < -0.39 is 28.9 Å². The molecule has 11 heteroatoms. The topological polar surface area (TPSA) is 115 Å². The van der Waals surface area contributed by atoms with Crippen molar-refractivity contribution in [2.45, 2.75) is 31.8 Å². The average Bonchev–Trinajstić information content (AvgIpc) is 3.72. The Kier molecular flexibility index (Phi) is 11.2. The van der Waals surface area contributed by atoms with E-state index in [-0.39, 0.29) is 48.1 Å². The summed E-state index contributed by atoms with van der Waals surface area (Å²) < 4.78 is 45.3. The lowest BCUT2D eigenvalue weighted by Crippen LogP contribution is -2.51. The predicted molar refractivity (Wildman–Crippen MR) is 168 cm³/mol. The lowest BCUT2D eigenvalue weighted by molar-refractivity contribution is 0.0364. The number of ketones is 1. The van der Waals surface area contributed by atoms with E-state index in [4.69, 9.17) is 14.2 Å². The number of fused-ring (bicyclic) bond motifs is 1. The number of benzene rings is 3. The van der Waals surface area contributed by atoms with E-state index in [0.29, 0.717) is 38.5 Å². The Morgan fingerprint density at radius 1 is 0.804 bits per heavy atom. The molecular weight excluding hydrogens is 596 g/mol. The lowest BCUT2D eigenvalue weighted by Gasteiger charge is -2.21. The minimum Gasteiger partial charge on any atom is -0.490 e. The number of carbonyl (C=O) groups is 3. The molecule has 1 aliphatic carbocycles. The van der Waals surface area contributed by atoms with Crippen LogP contribution in [-0.4, -0.2) is 75.8 Å². The minimum atomic E-state index is -1.32. The maximum atomic E-state index is 14.8. The average molecular weight is 634 g/mol. The maximum absolute atomic E-state index is 14.8. The summed E-state index contributed by atoms with van der Waals surface area (Å²) in [7, 11) is 0. The molecule has 5 rings (SSSR count). The summed E-state index contributed by atoms with van der Waals surface area (Å²) >= 11 is 0. The van der Waals surface area contributed by atoms with Crippen LogP contribution in [0.25, 0.3) is 6.08 Å². The van der Waals surface area contributed by atoms with Crippen LogP contribution in [0.2, 0.25) is 0 Å². The van der Waals surface area contributed by atoms with Gasteiger partial charge in [0.25, 0.3) is 11.8 Å². The Bertz CT molecular complexity index is 1590. The van der Waals surface area contributed by atoms with E-state index in [1.165, 1.54) is 30.3 Å². The molecule has 2 aliphatic rings. The molecule has 0 unspecified atom stereocenters. The summed E-state index contributed by atoms with van der Waals surface area (Å²) in [4.78, 5) is 39.3. The Balaban J connectivity index is 1.17. The van der Waals surface area contributed by atoms with Gasteiger partial charge in [-0.3, -0.25) is 14.4 Å². The van der Waals surface area contributed by atoms with E-state index in [1.807, 2.05) is 25.1 Å². The maximum Gasteiger partial charge on any atom is 0.251 e. The van der Waals surface area contributed by atoms with Crippen LogP contribution in [0.1, 0.15) is 61.1 Å². The van der Waals surface area contributed by atoms with Gasteiger partial charge in [0, 0.05) is 36.4 Å². The molecule has 1 fully saturated rings. The summed E-state index contributed by atoms with van der Waals surface area (Å²) in [6.45, 7) is 4.55. The largest absolute Gasteiger partial charge is 0.490 e. The van der Waals surface area contributed by atoms with Crippen LogP contribution >= 0.6 is 0 Å². The molecule has 2 atom stereocenters. The minimum absolute atomic E-state index is 0.0144. The first-order valence-corrected chi connectivity index (χ1v) is 15.4. The SMILES string of the molecule is CCCOCCOCCOc1ccc(F)c(F)c1C(=O)c1ccc(C(=O)N[C@@H]2CNC[C@@H]2NC(=O)c2ccc3c(c2)CC=C3)cc1. The number of halogens is 2. The van der Waals surface area contributed by atoms with Gasteiger partial charge >= 0.3 is 0 Å². The second-order valence-corrected chi connectivity index (χ2v) is 11.1. The van der Waals surface area contributed by atoms with E-state index >= 15 is 0 Å². The molecule has 2 amide bonds. The number of nitrogens with one attached hydrogen (secondary N) is 3. The van der Waals surface area contributed by atoms with Gasteiger partial charge in [0.1, 0.15) is 17.9 Å². The zero-order valence-corrected chi connectivity index (χ0v) is 25.6. The van der Waals surface area contributed by atoms with Crippen LogP contribution < -0.4 is 20.7 Å². The third kappa shape index (κ3) is 8.03. The van der Waals surface area contributed by atoms with Gasteiger partial charge in [0.2, 0.25) is 0 Å². The highest BCUT2D eigenvalue weighted by atomic mass is 19.2. The molecule has 9 nitrogen and oxygen atoms in total. The zero-order valence-electron chi connectivity index (χ0n) is 25.6. The smallest absolute Gasteiger partial charge is 0.251 e. The van der Waals surface area contributed by atoms with E-state index in [0.717, 1.165) is 30.0 Å². The first-order valence-electron chi connectivity index (χ1n) is 15.4. The van der Waals surface area contributed by atoms with Crippen molar-refractivity contribution < 1.29 is 37.4 Å². The number of hydrogen-bond acceptors (Lipinski definition) is 7. The number of amides is 2. The van der Waals surface area contributed by atoms with Crippen LogP contribution in [0, 0.1) is 11.6 Å². The van der Waals surface area contributed by atoms with E-state index in [2.05, 4.69) is 22.0 Å². The molecule has 1 aliphatic heterocycles. The standard InChI is InChI=1S/C35H37F2N3O6/c1-2-14-44-15-16-45-17-18-46-30-13-12-27(36)32(37)31(30)33(41)23-7-9-24(10-8-23)34(42)39-28-20-38-21-29(28)40-35(43)26-11-6-22-4-3-5-25(22)19-26/h3-4,6-13,19,28-29,38H,2,5,14-18,20-21H2,1H3,(H,39,42)(H,40,43)/t28-,29+/m1/s1. The quantitative estimate of drug-likeness (QED) is 0.171. The molecule has 46 heavy (non-hydrogen) atoms. The monoisotopic (exact) mass is 633 g/mol.